The lowest BCUT2D eigenvalue weighted by molar-refractivity contribution is -0.146. The predicted molar refractivity (Wildman–Crippen MR) is 122 cm³/mol. The average Bonchev–Trinajstić information content (AvgIpc) is 2.81. The SMILES string of the molecule is CC(CO)(NCc1ccc(C(F)(F)F)c(/C=C/c2cccc(-c3ccccc3)c2F)c1)C(=O)O. The summed E-state index contributed by atoms with van der Waals surface area (Å²) < 4.78 is 55.8. The number of aliphatic hydroxyl groups is 1. The summed E-state index contributed by atoms with van der Waals surface area (Å²) in [6, 6.07) is 16.9. The molecule has 3 aromatic rings. The van der Waals surface area contributed by atoms with E-state index < -0.39 is 35.7 Å². The van der Waals surface area contributed by atoms with Crippen molar-refractivity contribution in [3.05, 3.63) is 94.8 Å². The van der Waals surface area contributed by atoms with E-state index in [4.69, 9.17) is 0 Å². The molecular formula is C26H23F4NO3. The van der Waals surface area contributed by atoms with Crippen LogP contribution in [-0.4, -0.2) is 28.3 Å². The van der Waals surface area contributed by atoms with E-state index in [9.17, 15) is 28.2 Å². The molecule has 0 saturated heterocycles. The quantitative estimate of drug-likeness (QED) is 0.294. The molecule has 1 unspecified atom stereocenters. The normalized spacial score (nSPS) is 13.7. The first kappa shape index (κ1) is 25.1. The summed E-state index contributed by atoms with van der Waals surface area (Å²) >= 11 is 0. The van der Waals surface area contributed by atoms with Gasteiger partial charge in [0.25, 0.3) is 0 Å². The Balaban J connectivity index is 1.95. The fourth-order valence-corrected chi connectivity index (χ4v) is 3.31. The predicted octanol–water partition coefficient (Wildman–Crippen LogP) is 5.61. The van der Waals surface area contributed by atoms with Gasteiger partial charge in [0.2, 0.25) is 0 Å². The number of hydrogen-bond acceptors (Lipinski definition) is 3. The number of carbonyl (C=O) groups is 1. The third kappa shape index (κ3) is 5.70. The summed E-state index contributed by atoms with van der Waals surface area (Å²) in [5, 5.41) is 21.2. The van der Waals surface area contributed by atoms with E-state index in [0.717, 1.165) is 6.07 Å². The van der Waals surface area contributed by atoms with Crippen molar-refractivity contribution in [2.75, 3.05) is 6.61 Å². The number of benzene rings is 3. The van der Waals surface area contributed by atoms with Crippen LogP contribution < -0.4 is 5.32 Å². The standard InChI is InChI=1S/C26H23F4NO3/c1-25(16-32,24(33)34)31-15-17-10-13-22(26(28,29)30)20(14-17)12-11-19-8-5-9-21(23(19)27)18-6-3-2-4-7-18/h2-14,31-32H,15-16H2,1H3,(H,33,34)/b12-11+. The zero-order valence-corrected chi connectivity index (χ0v) is 18.2. The highest BCUT2D eigenvalue weighted by Gasteiger charge is 2.34. The van der Waals surface area contributed by atoms with Crippen molar-refractivity contribution in [2.24, 2.45) is 0 Å². The number of nitrogens with one attached hydrogen (secondary N) is 1. The second-order valence-electron chi connectivity index (χ2n) is 7.98. The minimum atomic E-state index is -4.64. The molecule has 34 heavy (non-hydrogen) atoms. The van der Waals surface area contributed by atoms with Gasteiger partial charge in [-0.1, -0.05) is 66.7 Å². The fourth-order valence-electron chi connectivity index (χ4n) is 3.31. The van der Waals surface area contributed by atoms with Crippen molar-refractivity contribution < 1.29 is 32.6 Å². The van der Waals surface area contributed by atoms with Gasteiger partial charge in [-0.2, -0.15) is 13.2 Å². The lowest BCUT2D eigenvalue weighted by Gasteiger charge is -2.24. The molecule has 3 N–H and O–H groups in total. The Bertz CT molecular complexity index is 1190. The number of aliphatic hydroxyl groups excluding tert-OH is 1. The van der Waals surface area contributed by atoms with Gasteiger partial charge in [0, 0.05) is 17.7 Å². The molecule has 4 nitrogen and oxygen atoms in total. The topological polar surface area (TPSA) is 69.6 Å². The summed E-state index contributed by atoms with van der Waals surface area (Å²) in [5.74, 6) is -1.85. The van der Waals surface area contributed by atoms with Crippen LogP contribution in [-0.2, 0) is 17.5 Å². The van der Waals surface area contributed by atoms with Crippen molar-refractivity contribution in [3.63, 3.8) is 0 Å². The third-order valence-electron chi connectivity index (χ3n) is 5.45. The van der Waals surface area contributed by atoms with Crippen molar-refractivity contribution in [3.8, 4) is 11.1 Å². The van der Waals surface area contributed by atoms with E-state index in [1.54, 1.807) is 42.5 Å². The molecule has 3 aromatic carbocycles. The molecule has 1 atom stereocenters. The molecule has 178 valence electrons. The first-order valence-electron chi connectivity index (χ1n) is 10.4. The van der Waals surface area contributed by atoms with Gasteiger partial charge in [0.1, 0.15) is 11.4 Å². The van der Waals surface area contributed by atoms with E-state index in [-0.39, 0.29) is 17.7 Å². The summed E-state index contributed by atoms with van der Waals surface area (Å²) in [6.07, 6.45) is -2.18. The number of aliphatic carboxylic acids is 1. The van der Waals surface area contributed by atoms with Crippen LogP contribution in [0.1, 0.15) is 29.2 Å². The van der Waals surface area contributed by atoms with E-state index in [1.807, 2.05) is 0 Å². The molecule has 0 saturated carbocycles. The van der Waals surface area contributed by atoms with Crippen LogP contribution >= 0.6 is 0 Å². The minimum Gasteiger partial charge on any atom is -0.480 e. The van der Waals surface area contributed by atoms with Crippen molar-refractivity contribution >= 4 is 18.1 Å². The summed E-state index contributed by atoms with van der Waals surface area (Å²) in [4.78, 5) is 11.3. The van der Waals surface area contributed by atoms with Crippen LogP contribution in [0.3, 0.4) is 0 Å². The largest absolute Gasteiger partial charge is 0.480 e. The molecule has 0 radical (unpaired) electrons. The molecule has 3 rings (SSSR count). The summed E-state index contributed by atoms with van der Waals surface area (Å²) in [5.41, 5.74) is -1.30. The Labute approximate surface area is 194 Å². The van der Waals surface area contributed by atoms with Crippen LogP contribution in [0.25, 0.3) is 23.3 Å². The number of halogens is 4. The molecule has 0 heterocycles. The zero-order chi connectivity index (χ0) is 24.9. The smallest absolute Gasteiger partial charge is 0.416 e. The first-order chi connectivity index (χ1) is 16.0. The van der Waals surface area contributed by atoms with E-state index in [1.165, 1.54) is 37.3 Å². The highest BCUT2D eigenvalue weighted by Crippen LogP contribution is 2.34. The molecule has 0 fully saturated rings. The molecule has 8 heteroatoms. The Kier molecular flexibility index (Phi) is 7.54. The Morgan fingerprint density at radius 3 is 2.26 bits per heavy atom. The van der Waals surface area contributed by atoms with Crippen LogP contribution in [0.4, 0.5) is 17.6 Å². The average molecular weight is 473 g/mol. The van der Waals surface area contributed by atoms with Crippen LogP contribution in [0.5, 0.6) is 0 Å². The van der Waals surface area contributed by atoms with E-state index >= 15 is 4.39 Å². The third-order valence-corrected chi connectivity index (χ3v) is 5.45. The van der Waals surface area contributed by atoms with Gasteiger partial charge in [-0.15, -0.1) is 0 Å². The number of rotatable bonds is 8. The molecule has 0 aliphatic rings. The second-order valence-corrected chi connectivity index (χ2v) is 7.98. The molecule has 0 bridgehead atoms. The molecule has 0 spiro atoms. The lowest BCUT2D eigenvalue weighted by atomic mass is 9.99. The van der Waals surface area contributed by atoms with Gasteiger partial charge in [-0.05, 0) is 35.7 Å². The van der Waals surface area contributed by atoms with Gasteiger partial charge in [0.15, 0.2) is 0 Å². The Morgan fingerprint density at radius 1 is 0.971 bits per heavy atom. The fraction of sp³-hybridized carbons (Fsp3) is 0.192. The minimum absolute atomic E-state index is 0.0970. The first-order valence-corrected chi connectivity index (χ1v) is 10.4. The number of hydrogen-bond donors (Lipinski definition) is 3. The maximum absolute atomic E-state index is 15.1. The maximum atomic E-state index is 15.1. The van der Waals surface area contributed by atoms with Gasteiger partial charge in [0.05, 0.1) is 12.2 Å². The Hall–Kier alpha value is -3.49. The van der Waals surface area contributed by atoms with Crippen molar-refractivity contribution in [2.45, 2.75) is 25.2 Å². The van der Waals surface area contributed by atoms with E-state index in [2.05, 4.69) is 5.32 Å². The van der Waals surface area contributed by atoms with E-state index in [0.29, 0.717) is 16.7 Å². The second kappa shape index (κ2) is 10.2. The van der Waals surface area contributed by atoms with Crippen molar-refractivity contribution in [1.82, 2.24) is 5.32 Å². The maximum Gasteiger partial charge on any atom is 0.416 e. The molecular weight excluding hydrogens is 450 g/mol. The highest BCUT2D eigenvalue weighted by atomic mass is 19.4. The summed E-state index contributed by atoms with van der Waals surface area (Å²) in [7, 11) is 0. The molecule has 0 aliphatic carbocycles. The van der Waals surface area contributed by atoms with Gasteiger partial charge in [-0.25, -0.2) is 4.39 Å². The Morgan fingerprint density at radius 2 is 1.65 bits per heavy atom. The van der Waals surface area contributed by atoms with Crippen LogP contribution in [0.2, 0.25) is 0 Å². The van der Waals surface area contributed by atoms with Crippen molar-refractivity contribution in [1.29, 1.82) is 0 Å². The van der Waals surface area contributed by atoms with Gasteiger partial charge < -0.3 is 10.2 Å². The molecule has 0 amide bonds. The molecule has 0 aromatic heterocycles. The highest BCUT2D eigenvalue weighted by molar-refractivity contribution is 5.78. The number of carboxylic acids is 1. The van der Waals surface area contributed by atoms with Gasteiger partial charge in [-0.3, -0.25) is 10.1 Å². The van der Waals surface area contributed by atoms with Crippen LogP contribution in [0.15, 0.2) is 66.7 Å². The van der Waals surface area contributed by atoms with Gasteiger partial charge >= 0.3 is 12.1 Å². The number of carboxylic acid groups (broad SMARTS) is 1. The number of alkyl halides is 3. The monoisotopic (exact) mass is 473 g/mol. The lowest BCUT2D eigenvalue weighted by Crippen LogP contribution is -2.52. The summed E-state index contributed by atoms with van der Waals surface area (Å²) in [6.45, 7) is 0.468. The van der Waals surface area contributed by atoms with Crippen LogP contribution in [0, 0.1) is 5.82 Å². The zero-order valence-electron chi connectivity index (χ0n) is 18.2. The molecule has 0 aliphatic heterocycles.